The van der Waals surface area contributed by atoms with Crippen molar-refractivity contribution in [3.63, 3.8) is 0 Å². The summed E-state index contributed by atoms with van der Waals surface area (Å²) in [6.07, 6.45) is 13.5. The molecule has 0 saturated carbocycles. The quantitative estimate of drug-likeness (QED) is 0.298. The Kier molecular flexibility index (Phi) is 11.1. The lowest BCUT2D eigenvalue weighted by molar-refractivity contribution is 0.676. The van der Waals surface area contributed by atoms with Crippen LogP contribution in [-0.4, -0.2) is 5.88 Å². The number of rotatable bonds is 8. The van der Waals surface area contributed by atoms with Crippen LogP contribution in [0, 0.1) is 0 Å². The molecule has 0 N–H and O–H groups in total. The first-order valence-electron chi connectivity index (χ1n) is 5.12. The van der Waals surface area contributed by atoms with Gasteiger partial charge in [-0.1, -0.05) is 38.3 Å². The lowest BCUT2D eigenvalue weighted by Crippen LogP contribution is -1.77. The fourth-order valence-electron chi connectivity index (χ4n) is 1.11. The van der Waals surface area contributed by atoms with E-state index in [1.807, 2.05) is 0 Å². The summed E-state index contributed by atoms with van der Waals surface area (Å²) in [6, 6.07) is 0. The van der Waals surface area contributed by atoms with E-state index >= 15 is 0 Å². The molecule has 0 aromatic rings. The summed E-state index contributed by atoms with van der Waals surface area (Å²) in [7, 11) is 0. The van der Waals surface area contributed by atoms with Gasteiger partial charge in [-0.15, -0.1) is 11.6 Å². The van der Waals surface area contributed by atoms with E-state index in [-0.39, 0.29) is 0 Å². The third-order valence-corrected chi connectivity index (χ3v) is 2.14. The van der Waals surface area contributed by atoms with E-state index in [4.69, 9.17) is 11.6 Å². The first-order chi connectivity index (χ1) is 5.91. The molecule has 0 rings (SSSR count). The molecule has 0 radical (unpaired) electrons. The smallest absolute Gasteiger partial charge is 0.0223 e. The van der Waals surface area contributed by atoms with E-state index in [1.54, 1.807) is 0 Å². The summed E-state index contributed by atoms with van der Waals surface area (Å²) in [5.41, 5.74) is 0. The minimum Gasteiger partial charge on any atom is -0.127 e. The van der Waals surface area contributed by atoms with Crippen LogP contribution in [0.3, 0.4) is 0 Å². The number of unbranched alkanes of at least 4 members (excludes halogenated alkanes) is 5. The van der Waals surface area contributed by atoms with E-state index in [0.29, 0.717) is 0 Å². The SMILES string of the molecule is CCCC=CCCCCCCCl. The van der Waals surface area contributed by atoms with Gasteiger partial charge in [-0.05, 0) is 25.7 Å². The van der Waals surface area contributed by atoms with Gasteiger partial charge in [-0.2, -0.15) is 0 Å². The average Bonchev–Trinajstić information content (AvgIpc) is 2.10. The van der Waals surface area contributed by atoms with E-state index in [0.717, 1.165) is 5.88 Å². The summed E-state index contributed by atoms with van der Waals surface area (Å²) in [4.78, 5) is 0. The molecule has 0 unspecified atom stereocenters. The molecule has 1 heteroatoms. The van der Waals surface area contributed by atoms with Crippen LogP contribution in [0.2, 0.25) is 0 Å². The molecule has 0 aliphatic rings. The number of allylic oxidation sites excluding steroid dienone is 2. The van der Waals surface area contributed by atoms with Gasteiger partial charge >= 0.3 is 0 Å². The highest BCUT2D eigenvalue weighted by atomic mass is 35.5. The van der Waals surface area contributed by atoms with Gasteiger partial charge in [0, 0.05) is 5.88 Å². The van der Waals surface area contributed by atoms with Crippen molar-refractivity contribution in [1.82, 2.24) is 0 Å². The first-order valence-corrected chi connectivity index (χ1v) is 5.66. The summed E-state index contributed by atoms with van der Waals surface area (Å²) >= 11 is 5.57. The highest BCUT2D eigenvalue weighted by molar-refractivity contribution is 6.17. The minimum absolute atomic E-state index is 0.825. The molecule has 0 fully saturated rings. The zero-order chi connectivity index (χ0) is 9.07. The molecule has 72 valence electrons. The summed E-state index contributed by atoms with van der Waals surface area (Å²) < 4.78 is 0. The van der Waals surface area contributed by atoms with Crippen LogP contribution in [0.1, 0.15) is 51.9 Å². The molecule has 0 amide bonds. The monoisotopic (exact) mass is 188 g/mol. The molecule has 0 bridgehead atoms. The van der Waals surface area contributed by atoms with Gasteiger partial charge in [-0.25, -0.2) is 0 Å². The van der Waals surface area contributed by atoms with Crippen molar-refractivity contribution in [3.05, 3.63) is 12.2 Å². The third-order valence-electron chi connectivity index (χ3n) is 1.88. The van der Waals surface area contributed by atoms with Crippen LogP contribution in [-0.2, 0) is 0 Å². The molecule has 0 saturated heterocycles. The second-order valence-electron chi connectivity index (χ2n) is 3.15. The van der Waals surface area contributed by atoms with Gasteiger partial charge in [0.05, 0.1) is 0 Å². The van der Waals surface area contributed by atoms with Crippen molar-refractivity contribution in [2.75, 3.05) is 5.88 Å². The topological polar surface area (TPSA) is 0 Å². The molecule has 0 spiro atoms. The molecule has 0 heterocycles. The van der Waals surface area contributed by atoms with Crippen LogP contribution in [0.15, 0.2) is 12.2 Å². The molecule has 0 aliphatic heterocycles. The first kappa shape index (κ1) is 12.0. The molecule has 0 aromatic carbocycles. The number of halogens is 1. The molecule has 12 heavy (non-hydrogen) atoms. The van der Waals surface area contributed by atoms with Crippen LogP contribution < -0.4 is 0 Å². The van der Waals surface area contributed by atoms with Crippen LogP contribution >= 0.6 is 11.6 Å². The maximum Gasteiger partial charge on any atom is 0.0223 e. The Morgan fingerprint density at radius 3 is 2.25 bits per heavy atom. The largest absolute Gasteiger partial charge is 0.127 e. The summed E-state index contributed by atoms with van der Waals surface area (Å²) in [6.45, 7) is 2.21. The Bertz CT molecular complexity index is 97.2. The van der Waals surface area contributed by atoms with E-state index in [9.17, 15) is 0 Å². The van der Waals surface area contributed by atoms with Gasteiger partial charge in [0.1, 0.15) is 0 Å². The maximum absolute atomic E-state index is 5.57. The fraction of sp³-hybridized carbons (Fsp3) is 0.818. The standard InChI is InChI=1S/C11H21Cl/c1-2-3-4-5-6-7-8-9-10-11-12/h4-5H,2-3,6-11H2,1H3. The van der Waals surface area contributed by atoms with Gasteiger partial charge in [-0.3, -0.25) is 0 Å². The van der Waals surface area contributed by atoms with E-state index < -0.39 is 0 Å². The highest BCUT2D eigenvalue weighted by Gasteiger charge is 1.86. The second-order valence-corrected chi connectivity index (χ2v) is 3.53. The van der Waals surface area contributed by atoms with Crippen molar-refractivity contribution in [2.45, 2.75) is 51.9 Å². The normalized spacial score (nSPS) is 11.2. The molecule has 0 aromatic heterocycles. The lowest BCUT2D eigenvalue weighted by atomic mass is 10.1. The molecule has 0 aliphatic carbocycles. The zero-order valence-electron chi connectivity index (χ0n) is 8.19. The Balaban J connectivity index is 2.90. The van der Waals surface area contributed by atoms with Gasteiger partial charge in [0.25, 0.3) is 0 Å². The fourth-order valence-corrected chi connectivity index (χ4v) is 1.30. The molecular formula is C11H21Cl. The zero-order valence-corrected chi connectivity index (χ0v) is 8.95. The Morgan fingerprint density at radius 2 is 1.58 bits per heavy atom. The van der Waals surface area contributed by atoms with Crippen molar-refractivity contribution in [1.29, 1.82) is 0 Å². The van der Waals surface area contributed by atoms with E-state index in [1.165, 1.54) is 44.9 Å². The number of hydrogen-bond acceptors (Lipinski definition) is 0. The number of alkyl halides is 1. The van der Waals surface area contributed by atoms with Crippen LogP contribution in [0.4, 0.5) is 0 Å². The van der Waals surface area contributed by atoms with Crippen molar-refractivity contribution < 1.29 is 0 Å². The Labute approximate surface area is 82.0 Å². The van der Waals surface area contributed by atoms with Gasteiger partial charge < -0.3 is 0 Å². The van der Waals surface area contributed by atoms with Crippen LogP contribution in [0.25, 0.3) is 0 Å². The minimum atomic E-state index is 0.825. The Hall–Kier alpha value is 0.0300. The second kappa shape index (κ2) is 11.0. The summed E-state index contributed by atoms with van der Waals surface area (Å²) in [5.74, 6) is 0.825. The molecule has 0 atom stereocenters. The van der Waals surface area contributed by atoms with Crippen LogP contribution in [0.5, 0.6) is 0 Å². The Morgan fingerprint density at radius 1 is 0.917 bits per heavy atom. The van der Waals surface area contributed by atoms with Crippen molar-refractivity contribution in [3.8, 4) is 0 Å². The molecule has 0 nitrogen and oxygen atoms in total. The predicted octanol–water partition coefficient (Wildman–Crippen LogP) is 4.53. The maximum atomic E-state index is 5.57. The predicted molar refractivity (Wildman–Crippen MR) is 57.9 cm³/mol. The summed E-state index contributed by atoms with van der Waals surface area (Å²) in [5, 5.41) is 0. The van der Waals surface area contributed by atoms with Gasteiger partial charge in [0.2, 0.25) is 0 Å². The van der Waals surface area contributed by atoms with Crippen molar-refractivity contribution in [2.24, 2.45) is 0 Å². The third kappa shape index (κ3) is 10.0. The highest BCUT2D eigenvalue weighted by Crippen LogP contribution is 2.04. The van der Waals surface area contributed by atoms with Crippen molar-refractivity contribution >= 4 is 11.6 Å². The van der Waals surface area contributed by atoms with E-state index in [2.05, 4.69) is 19.1 Å². The lowest BCUT2D eigenvalue weighted by Gasteiger charge is -1.95. The average molecular weight is 189 g/mol. The van der Waals surface area contributed by atoms with Gasteiger partial charge in [0.15, 0.2) is 0 Å². The molecular weight excluding hydrogens is 168 g/mol. The number of hydrogen-bond donors (Lipinski definition) is 0.